The number of benzene rings is 2. The van der Waals surface area contributed by atoms with E-state index in [1.54, 1.807) is 17.7 Å². The van der Waals surface area contributed by atoms with E-state index in [9.17, 15) is 0 Å². The smallest absolute Gasteiger partial charge is 0.134 e. The van der Waals surface area contributed by atoms with Crippen LogP contribution in [0.5, 0.6) is 0 Å². The molecule has 4 heterocycles. The highest BCUT2D eigenvalue weighted by Gasteiger charge is 2.21. The van der Waals surface area contributed by atoms with Crippen molar-refractivity contribution in [2.24, 2.45) is 0 Å². The van der Waals surface area contributed by atoms with Crippen molar-refractivity contribution in [1.29, 1.82) is 0 Å². The first-order chi connectivity index (χ1) is 14.4. The van der Waals surface area contributed by atoms with Crippen molar-refractivity contribution < 1.29 is 4.42 Å². The summed E-state index contributed by atoms with van der Waals surface area (Å²) in [5, 5.41) is 6.89. The number of hydrogen-bond acceptors (Lipinski definition) is 5. The molecule has 3 nitrogen and oxygen atoms in total. The third-order valence-corrected chi connectivity index (χ3v) is 7.81. The molecule has 5 heteroatoms. The molecule has 4 aromatic heterocycles. The highest BCUT2D eigenvalue weighted by atomic mass is 32.1. The fraction of sp³-hybridized carbons (Fsp3) is 0.200. The van der Waals surface area contributed by atoms with Gasteiger partial charge in [-0.3, -0.25) is 0 Å². The summed E-state index contributed by atoms with van der Waals surface area (Å²) >= 11 is 3.53. The predicted octanol–water partition coefficient (Wildman–Crippen LogP) is 8.08. The summed E-state index contributed by atoms with van der Waals surface area (Å²) in [4.78, 5) is 10.4. The Labute approximate surface area is 182 Å². The lowest BCUT2D eigenvalue weighted by atomic mass is 9.85. The van der Waals surface area contributed by atoms with E-state index in [1.165, 1.54) is 25.7 Å². The zero-order valence-electron chi connectivity index (χ0n) is 17.2. The Balaban J connectivity index is 1.71. The van der Waals surface area contributed by atoms with Gasteiger partial charge in [0.05, 0.1) is 12.0 Å². The minimum atomic E-state index is 0.0554. The quantitative estimate of drug-likeness (QED) is 0.266. The van der Waals surface area contributed by atoms with Crippen molar-refractivity contribution >= 4 is 64.0 Å². The number of furan rings is 1. The van der Waals surface area contributed by atoms with Crippen LogP contribution in [0.2, 0.25) is 0 Å². The van der Waals surface area contributed by atoms with Gasteiger partial charge in [0.1, 0.15) is 16.7 Å². The number of rotatable bonds is 1. The molecule has 0 radical (unpaired) electrons. The van der Waals surface area contributed by atoms with Crippen LogP contribution in [0, 0.1) is 6.92 Å². The summed E-state index contributed by atoms with van der Waals surface area (Å²) in [6, 6.07) is 11.2. The van der Waals surface area contributed by atoms with E-state index in [4.69, 9.17) is 9.40 Å². The maximum absolute atomic E-state index is 5.80. The SMILES string of the molecule is Cc1coc2cc3c(cc12)sc1ncnc(-c2cc(C(C)(C)C)c4sccc4c2)c13. The molecule has 0 amide bonds. The third-order valence-electron chi connectivity index (χ3n) is 5.79. The van der Waals surface area contributed by atoms with Crippen LogP contribution >= 0.6 is 22.7 Å². The van der Waals surface area contributed by atoms with Crippen LogP contribution < -0.4 is 0 Å². The molecular formula is C25H20N2OS2. The van der Waals surface area contributed by atoms with Gasteiger partial charge in [-0.15, -0.1) is 22.7 Å². The third kappa shape index (κ3) is 2.55. The first-order valence-corrected chi connectivity index (χ1v) is 11.7. The summed E-state index contributed by atoms with van der Waals surface area (Å²) in [7, 11) is 0. The molecule has 0 saturated heterocycles. The van der Waals surface area contributed by atoms with Crippen LogP contribution in [0.4, 0.5) is 0 Å². The molecule has 30 heavy (non-hydrogen) atoms. The summed E-state index contributed by atoms with van der Waals surface area (Å²) in [6.07, 6.45) is 3.52. The highest BCUT2D eigenvalue weighted by Crippen LogP contribution is 2.43. The Kier molecular flexibility index (Phi) is 3.68. The number of nitrogens with zero attached hydrogens (tertiary/aromatic N) is 2. The Hall–Kier alpha value is -2.76. The van der Waals surface area contributed by atoms with Crippen molar-refractivity contribution in [3.05, 3.63) is 59.4 Å². The standard InChI is InChI=1S/C25H20N2OS2/c1-13-11-28-19-9-17-20(10-16(13)19)30-24-21(17)22(26-12-27-24)15-7-14-5-6-29-23(14)18(8-15)25(2,3)4/h5-12H,1-4H3. The summed E-state index contributed by atoms with van der Waals surface area (Å²) in [5.41, 5.74) is 5.63. The Bertz CT molecular complexity index is 1590. The van der Waals surface area contributed by atoms with Crippen LogP contribution in [0.15, 0.2) is 52.7 Å². The van der Waals surface area contributed by atoms with E-state index in [1.807, 2.05) is 17.6 Å². The number of fused-ring (bicyclic) bond motifs is 5. The number of hydrogen-bond donors (Lipinski definition) is 0. The lowest BCUT2D eigenvalue weighted by Gasteiger charge is -2.21. The Morgan fingerprint density at radius 3 is 2.70 bits per heavy atom. The molecule has 0 spiro atoms. The lowest BCUT2D eigenvalue weighted by molar-refractivity contribution is 0.597. The molecule has 0 aliphatic heterocycles. The fourth-order valence-corrected chi connectivity index (χ4v) is 6.42. The van der Waals surface area contributed by atoms with Gasteiger partial charge in [-0.1, -0.05) is 20.8 Å². The second-order valence-corrected chi connectivity index (χ2v) is 10.8. The minimum absolute atomic E-state index is 0.0554. The first-order valence-electron chi connectivity index (χ1n) is 9.97. The molecule has 0 aliphatic carbocycles. The van der Waals surface area contributed by atoms with E-state index in [2.05, 4.69) is 68.4 Å². The molecule has 6 rings (SSSR count). The second-order valence-electron chi connectivity index (χ2n) is 8.88. The van der Waals surface area contributed by atoms with Crippen molar-refractivity contribution in [1.82, 2.24) is 9.97 Å². The zero-order chi connectivity index (χ0) is 20.6. The van der Waals surface area contributed by atoms with Crippen LogP contribution in [-0.4, -0.2) is 9.97 Å². The van der Waals surface area contributed by atoms with Crippen LogP contribution in [0.25, 0.3) is 52.6 Å². The van der Waals surface area contributed by atoms with Crippen molar-refractivity contribution in [3.63, 3.8) is 0 Å². The van der Waals surface area contributed by atoms with E-state index in [-0.39, 0.29) is 5.41 Å². The van der Waals surface area contributed by atoms with Crippen LogP contribution in [0.1, 0.15) is 31.9 Å². The summed E-state index contributed by atoms with van der Waals surface area (Å²) in [6.45, 7) is 8.91. The van der Waals surface area contributed by atoms with Crippen LogP contribution in [0.3, 0.4) is 0 Å². The monoisotopic (exact) mass is 428 g/mol. The van der Waals surface area contributed by atoms with Gasteiger partial charge in [0.2, 0.25) is 0 Å². The number of aryl methyl sites for hydroxylation is 1. The summed E-state index contributed by atoms with van der Waals surface area (Å²) in [5.74, 6) is 0. The minimum Gasteiger partial charge on any atom is -0.464 e. The average Bonchev–Trinajstić information content (AvgIpc) is 3.41. The van der Waals surface area contributed by atoms with Crippen LogP contribution in [-0.2, 0) is 5.41 Å². The second kappa shape index (κ2) is 6.13. The topological polar surface area (TPSA) is 38.9 Å². The lowest BCUT2D eigenvalue weighted by Crippen LogP contribution is -2.11. The summed E-state index contributed by atoms with van der Waals surface area (Å²) < 4.78 is 8.38. The van der Waals surface area contributed by atoms with Gasteiger partial charge in [0.15, 0.2) is 0 Å². The molecule has 2 aromatic carbocycles. The van der Waals surface area contributed by atoms with Gasteiger partial charge in [0, 0.05) is 31.1 Å². The zero-order valence-corrected chi connectivity index (χ0v) is 18.9. The van der Waals surface area contributed by atoms with Gasteiger partial charge in [-0.05, 0) is 64.6 Å². The Morgan fingerprint density at radius 1 is 1.00 bits per heavy atom. The molecule has 0 aliphatic rings. The molecule has 0 atom stereocenters. The number of thiophene rings is 2. The van der Waals surface area contributed by atoms with E-state index < -0.39 is 0 Å². The highest BCUT2D eigenvalue weighted by molar-refractivity contribution is 7.25. The van der Waals surface area contributed by atoms with E-state index >= 15 is 0 Å². The maximum Gasteiger partial charge on any atom is 0.134 e. The molecule has 0 unspecified atom stereocenters. The molecular weight excluding hydrogens is 408 g/mol. The van der Waals surface area contributed by atoms with Crippen molar-refractivity contribution in [3.8, 4) is 11.3 Å². The largest absolute Gasteiger partial charge is 0.464 e. The van der Waals surface area contributed by atoms with Gasteiger partial charge in [0.25, 0.3) is 0 Å². The van der Waals surface area contributed by atoms with E-state index in [0.717, 1.165) is 38.0 Å². The van der Waals surface area contributed by atoms with Gasteiger partial charge < -0.3 is 4.42 Å². The molecule has 0 bridgehead atoms. The molecule has 0 fully saturated rings. The van der Waals surface area contributed by atoms with Crippen molar-refractivity contribution in [2.45, 2.75) is 33.1 Å². The van der Waals surface area contributed by atoms with Gasteiger partial charge in [-0.2, -0.15) is 0 Å². The number of aromatic nitrogens is 2. The maximum atomic E-state index is 5.80. The van der Waals surface area contributed by atoms with Crippen molar-refractivity contribution in [2.75, 3.05) is 0 Å². The Morgan fingerprint density at radius 2 is 1.87 bits per heavy atom. The van der Waals surface area contributed by atoms with Gasteiger partial charge >= 0.3 is 0 Å². The molecule has 0 N–H and O–H groups in total. The fourth-order valence-electron chi connectivity index (χ4n) is 4.25. The predicted molar refractivity (Wildman–Crippen MR) is 129 cm³/mol. The molecule has 6 aromatic rings. The first kappa shape index (κ1) is 18.0. The normalized spacial score (nSPS) is 12.7. The van der Waals surface area contributed by atoms with E-state index in [0.29, 0.717) is 0 Å². The average molecular weight is 429 g/mol. The van der Waals surface area contributed by atoms with Gasteiger partial charge in [-0.25, -0.2) is 9.97 Å². The molecule has 0 saturated carbocycles. The molecule has 148 valence electrons.